The van der Waals surface area contributed by atoms with Crippen molar-refractivity contribution in [2.45, 2.75) is 46.1 Å². The van der Waals surface area contributed by atoms with Crippen molar-refractivity contribution < 1.29 is 9.18 Å². The second-order valence-corrected chi connectivity index (χ2v) is 5.07. The molecule has 4 heteroatoms. The van der Waals surface area contributed by atoms with Gasteiger partial charge in [-0.15, -0.1) is 0 Å². The molecule has 19 heavy (non-hydrogen) atoms. The number of benzene rings is 1. The Morgan fingerprint density at radius 3 is 2.53 bits per heavy atom. The summed E-state index contributed by atoms with van der Waals surface area (Å²) in [6.07, 6.45) is 3.15. The fourth-order valence-electron chi connectivity index (χ4n) is 2.03. The highest BCUT2D eigenvalue weighted by molar-refractivity contribution is 5.95. The van der Waals surface area contributed by atoms with Crippen molar-refractivity contribution in [3.8, 4) is 0 Å². The molecule has 0 aliphatic rings. The molecule has 3 nitrogen and oxygen atoms in total. The standard InChI is InChI=1S/C15H23FN2O/c1-4-5-6-7-18(11(2)3)15(19)12-8-13(16)10-14(17)9-12/h8-11H,4-7,17H2,1-3H3. The first kappa shape index (κ1) is 15.5. The normalized spacial score (nSPS) is 10.8. The van der Waals surface area contributed by atoms with Crippen molar-refractivity contribution in [2.75, 3.05) is 12.3 Å². The van der Waals surface area contributed by atoms with E-state index in [-0.39, 0.29) is 17.6 Å². The van der Waals surface area contributed by atoms with Gasteiger partial charge in [-0.2, -0.15) is 0 Å². The van der Waals surface area contributed by atoms with Crippen LogP contribution in [0.4, 0.5) is 10.1 Å². The summed E-state index contributed by atoms with van der Waals surface area (Å²) in [4.78, 5) is 14.2. The van der Waals surface area contributed by atoms with E-state index >= 15 is 0 Å². The number of nitrogens with zero attached hydrogens (tertiary/aromatic N) is 1. The molecule has 2 N–H and O–H groups in total. The summed E-state index contributed by atoms with van der Waals surface area (Å²) in [6, 6.07) is 4.08. The molecule has 0 radical (unpaired) electrons. The largest absolute Gasteiger partial charge is 0.399 e. The topological polar surface area (TPSA) is 46.3 Å². The number of unbranched alkanes of at least 4 members (excludes halogenated alkanes) is 2. The molecule has 0 aromatic heterocycles. The number of carbonyl (C=O) groups excluding carboxylic acids is 1. The highest BCUT2D eigenvalue weighted by Gasteiger charge is 2.19. The lowest BCUT2D eigenvalue weighted by Gasteiger charge is -2.27. The highest BCUT2D eigenvalue weighted by atomic mass is 19.1. The van der Waals surface area contributed by atoms with Crippen molar-refractivity contribution in [3.63, 3.8) is 0 Å². The van der Waals surface area contributed by atoms with E-state index in [0.29, 0.717) is 12.1 Å². The molecule has 0 fully saturated rings. The minimum absolute atomic E-state index is 0.0915. The van der Waals surface area contributed by atoms with Gasteiger partial charge in [0.05, 0.1) is 0 Å². The van der Waals surface area contributed by atoms with Gasteiger partial charge < -0.3 is 10.6 Å². The zero-order valence-electron chi connectivity index (χ0n) is 11.9. The van der Waals surface area contributed by atoms with Gasteiger partial charge in [0, 0.05) is 23.8 Å². The molecular weight excluding hydrogens is 243 g/mol. The SMILES string of the molecule is CCCCCN(C(=O)c1cc(N)cc(F)c1)C(C)C. The maximum Gasteiger partial charge on any atom is 0.254 e. The van der Waals surface area contributed by atoms with E-state index in [2.05, 4.69) is 6.92 Å². The van der Waals surface area contributed by atoms with Crippen LogP contribution in [0.15, 0.2) is 18.2 Å². The number of amides is 1. The zero-order valence-corrected chi connectivity index (χ0v) is 11.9. The number of hydrogen-bond acceptors (Lipinski definition) is 2. The average molecular weight is 266 g/mol. The van der Waals surface area contributed by atoms with Gasteiger partial charge in [0.25, 0.3) is 5.91 Å². The minimum Gasteiger partial charge on any atom is -0.399 e. The van der Waals surface area contributed by atoms with Crippen LogP contribution >= 0.6 is 0 Å². The van der Waals surface area contributed by atoms with Crippen LogP contribution in [0.25, 0.3) is 0 Å². The summed E-state index contributed by atoms with van der Waals surface area (Å²) < 4.78 is 13.3. The van der Waals surface area contributed by atoms with Crippen LogP contribution in [-0.4, -0.2) is 23.4 Å². The Hall–Kier alpha value is -1.58. The van der Waals surface area contributed by atoms with Gasteiger partial charge in [-0.3, -0.25) is 4.79 Å². The van der Waals surface area contributed by atoms with E-state index in [1.54, 1.807) is 4.90 Å². The molecule has 0 heterocycles. The van der Waals surface area contributed by atoms with E-state index in [9.17, 15) is 9.18 Å². The number of halogens is 1. The maximum atomic E-state index is 13.3. The zero-order chi connectivity index (χ0) is 14.4. The first-order chi connectivity index (χ1) is 8.95. The van der Waals surface area contributed by atoms with Crippen LogP contribution in [0.1, 0.15) is 50.4 Å². The molecule has 0 bridgehead atoms. The highest BCUT2D eigenvalue weighted by Crippen LogP contribution is 2.15. The van der Waals surface area contributed by atoms with Gasteiger partial charge in [-0.05, 0) is 38.5 Å². The Morgan fingerprint density at radius 2 is 2.00 bits per heavy atom. The third kappa shape index (κ3) is 4.54. The first-order valence-electron chi connectivity index (χ1n) is 6.82. The molecule has 1 rings (SSSR count). The van der Waals surface area contributed by atoms with Crippen LogP contribution in [-0.2, 0) is 0 Å². The lowest BCUT2D eigenvalue weighted by Crippen LogP contribution is -2.37. The molecule has 0 unspecified atom stereocenters. The van der Waals surface area contributed by atoms with E-state index in [1.807, 2.05) is 13.8 Å². The molecule has 0 saturated heterocycles. The molecule has 0 aliphatic carbocycles. The van der Waals surface area contributed by atoms with Crippen molar-refractivity contribution in [2.24, 2.45) is 0 Å². The molecule has 0 atom stereocenters. The van der Waals surface area contributed by atoms with Crippen LogP contribution in [0.5, 0.6) is 0 Å². The predicted octanol–water partition coefficient (Wildman–Crippen LogP) is 3.45. The van der Waals surface area contributed by atoms with Gasteiger partial charge in [0.2, 0.25) is 0 Å². The van der Waals surface area contributed by atoms with E-state index in [0.717, 1.165) is 19.3 Å². The quantitative estimate of drug-likeness (QED) is 0.633. The average Bonchev–Trinajstić information content (AvgIpc) is 2.32. The third-order valence-electron chi connectivity index (χ3n) is 3.05. The van der Waals surface area contributed by atoms with Crippen molar-refractivity contribution in [1.29, 1.82) is 0 Å². The summed E-state index contributed by atoms with van der Waals surface area (Å²) in [7, 11) is 0. The first-order valence-corrected chi connectivity index (χ1v) is 6.82. The Bertz CT molecular complexity index is 412. The lowest BCUT2D eigenvalue weighted by atomic mass is 10.1. The Morgan fingerprint density at radius 1 is 1.32 bits per heavy atom. The van der Waals surface area contributed by atoms with E-state index in [1.165, 1.54) is 18.2 Å². The van der Waals surface area contributed by atoms with Gasteiger partial charge in [0.15, 0.2) is 0 Å². The molecule has 1 aromatic carbocycles. The summed E-state index contributed by atoms with van der Waals surface area (Å²) in [5.74, 6) is -0.627. The molecule has 1 aromatic rings. The number of carbonyl (C=O) groups is 1. The molecular formula is C15H23FN2O. The third-order valence-corrected chi connectivity index (χ3v) is 3.05. The summed E-state index contributed by atoms with van der Waals surface area (Å²) >= 11 is 0. The smallest absolute Gasteiger partial charge is 0.254 e. The monoisotopic (exact) mass is 266 g/mol. The number of nitrogen functional groups attached to an aromatic ring is 1. The second-order valence-electron chi connectivity index (χ2n) is 5.07. The number of anilines is 1. The fourth-order valence-corrected chi connectivity index (χ4v) is 2.03. The predicted molar refractivity (Wildman–Crippen MR) is 76.5 cm³/mol. The molecule has 1 amide bonds. The van der Waals surface area contributed by atoms with Crippen LogP contribution in [0, 0.1) is 5.82 Å². The van der Waals surface area contributed by atoms with Crippen LogP contribution < -0.4 is 5.73 Å². The number of rotatable bonds is 6. The molecule has 0 aliphatic heterocycles. The van der Waals surface area contributed by atoms with E-state index < -0.39 is 5.82 Å². The van der Waals surface area contributed by atoms with Crippen LogP contribution in [0.2, 0.25) is 0 Å². The Kier molecular flexibility index (Phi) is 5.80. The van der Waals surface area contributed by atoms with Gasteiger partial charge in [0.1, 0.15) is 5.82 Å². The van der Waals surface area contributed by atoms with Crippen LogP contribution in [0.3, 0.4) is 0 Å². The lowest BCUT2D eigenvalue weighted by molar-refractivity contribution is 0.0702. The summed E-state index contributed by atoms with van der Waals surface area (Å²) in [6.45, 7) is 6.74. The molecule has 106 valence electrons. The Labute approximate surface area is 114 Å². The fraction of sp³-hybridized carbons (Fsp3) is 0.533. The summed E-state index contributed by atoms with van der Waals surface area (Å²) in [5.41, 5.74) is 6.18. The number of hydrogen-bond donors (Lipinski definition) is 1. The minimum atomic E-state index is -0.472. The van der Waals surface area contributed by atoms with E-state index in [4.69, 9.17) is 5.73 Å². The van der Waals surface area contributed by atoms with Crippen molar-refractivity contribution >= 4 is 11.6 Å². The number of nitrogens with two attached hydrogens (primary N) is 1. The van der Waals surface area contributed by atoms with Crippen molar-refractivity contribution in [1.82, 2.24) is 4.90 Å². The summed E-state index contributed by atoms with van der Waals surface area (Å²) in [5, 5.41) is 0. The maximum absolute atomic E-state index is 13.3. The molecule has 0 saturated carbocycles. The van der Waals surface area contributed by atoms with Gasteiger partial charge in [-0.1, -0.05) is 19.8 Å². The Balaban J connectivity index is 2.86. The van der Waals surface area contributed by atoms with Gasteiger partial charge in [-0.25, -0.2) is 4.39 Å². The van der Waals surface area contributed by atoms with Gasteiger partial charge >= 0.3 is 0 Å². The molecule has 0 spiro atoms. The second kappa shape index (κ2) is 7.12. The van der Waals surface area contributed by atoms with Crippen molar-refractivity contribution in [3.05, 3.63) is 29.6 Å².